The lowest BCUT2D eigenvalue weighted by Crippen LogP contribution is -2.24. The van der Waals surface area contributed by atoms with E-state index in [2.05, 4.69) is 97.8 Å². The molecule has 0 rings (SSSR count). The van der Waals surface area contributed by atoms with Gasteiger partial charge in [0.2, 0.25) is 5.91 Å². The molecule has 0 saturated carbocycles. The van der Waals surface area contributed by atoms with Crippen molar-refractivity contribution in [2.45, 2.75) is 58.3 Å². The minimum atomic E-state index is 0.101. The van der Waals surface area contributed by atoms with E-state index in [0.717, 1.165) is 44.9 Å². The average Bonchev–Trinajstić information content (AvgIpc) is 2.68. The van der Waals surface area contributed by atoms with Gasteiger partial charge in [-0.15, -0.1) is 0 Å². The predicted molar refractivity (Wildman–Crippen MR) is 124 cm³/mol. The third-order valence-corrected chi connectivity index (χ3v) is 3.79. The number of carbonyl (C=O) groups is 1. The Morgan fingerprint density at radius 2 is 1.11 bits per heavy atom. The highest BCUT2D eigenvalue weighted by Crippen LogP contribution is 1.97. The highest BCUT2D eigenvalue weighted by molar-refractivity contribution is 7.80. The first-order valence-electron chi connectivity index (χ1n) is 10.1. The van der Waals surface area contributed by atoms with Crippen LogP contribution < -0.4 is 5.32 Å². The fourth-order valence-electron chi connectivity index (χ4n) is 2.14. The van der Waals surface area contributed by atoms with Gasteiger partial charge in [-0.3, -0.25) is 4.79 Å². The van der Waals surface area contributed by atoms with Gasteiger partial charge in [-0.2, -0.15) is 12.6 Å². The van der Waals surface area contributed by atoms with Crippen molar-refractivity contribution in [3.8, 4) is 0 Å². The van der Waals surface area contributed by atoms with E-state index in [4.69, 9.17) is 0 Å². The number of nitrogens with one attached hydrogen (secondary N) is 1. The molecule has 3 heteroatoms. The molecule has 0 aliphatic rings. The van der Waals surface area contributed by atoms with Gasteiger partial charge in [-0.05, 0) is 44.9 Å². The highest BCUT2D eigenvalue weighted by Gasteiger charge is 1.96. The lowest BCUT2D eigenvalue weighted by atomic mass is 10.2. The summed E-state index contributed by atoms with van der Waals surface area (Å²) < 4.78 is 0. The van der Waals surface area contributed by atoms with E-state index in [-0.39, 0.29) is 5.91 Å². The smallest absolute Gasteiger partial charge is 0.220 e. The zero-order chi connectivity index (χ0) is 19.8. The Morgan fingerprint density at radius 1 is 0.704 bits per heavy atom. The Balaban J connectivity index is 3.54. The first-order chi connectivity index (χ1) is 13.3. The van der Waals surface area contributed by atoms with Crippen LogP contribution in [0, 0.1) is 0 Å². The topological polar surface area (TPSA) is 29.1 Å². The Morgan fingerprint density at radius 3 is 1.52 bits per heavy atom. The van der Waals surface area contributed by atoms with Crippen LogP contribution in [-0.4, -0.2) is 18.2 Å². The van der Waals surface area contributed by atoms with Crippen molar-refractivity contribution in [1.82, 2.24) is 5.32 Å². The Hall–Kier alpha value is -1.74. The molecule has 0 unspecified atom stereocenters. The Bertz CT molecular complexity index is 512. The number of carbonyl (C=O) groups excluding carboxylic acids is 1. The fraction of sp³-hybridized carbons (Fsp3) is 0.458. The third-order valence-electron chi connectivity index (χ3n) is 3.57. The van der Waals surface area contributed by atoms with Gasteiger partial charge in [-0.25, -0.2) is 0 Å². The van der Waals surface area contributed by atoms with Crippen LogP contribution in [0.2, 0.25) is 0 Å². The third kappa shape index (κ3) is 22.2. The van der Waals surface area contributed by atoms with Gasteiger partial charge in [0.1, 0.15) is 0 Å². The van der Waals surface area contributed by atoms with E-state index in [1.54, 1.807) is 0 Å². The van der Waals surface area contributed by atoms with Crippen molar-refractivity contribution in [1.29, 1.82) is 0 Å². The molecule has 27 heavy (non-hydrogen) atoms. The van der Waals surface area contributed by atoms with Gasteiger partial charge in [0, 0.05) is 18.7 Å². The van der Waals surface area contributed by atoms with Crippen molar-refractivity contribution >= 4 is 18.5 Å². The maximum Gasteiger partial charge on any atom is 0.220 e. The summed E-state index contributed by atoms with van der Waals surface area (Å²) in [5.74, 6) is 0.787. The number of hydrogen-bond acceptors (Lipinski definition) is 2. The van der Waals surface area contributed by atoms with Crippen molar-refractivity contribution in [2.24, 2.45) is 0 Å². The normalized spacial score (nSPS) is 12.8. The summed E-state index contributed by atoms with van der Waals surface area (Å²) in [5.41, 5.74) is 0. The lowest BCUT2D eigenvalue weighted by Gasteiger charge is -1.99. The minimum absolute atomic E-state index is 0.101. The van der Waals surface area contributed by atoms with Crippen molar-refractivity contribution < 1.29 is 4.79 Å². The first-order valence-corrected chi connectivity index (χ1v) is 10.7. The van der Waals surface area contributed by atoms with Crippen molar-refractivity contribution in [3.05, 3.63) is 72.9 Å². The molecule has 0 aliphatic heterocycles. The fourth-order valence-corrected chi connectivity index (χ4v) is 2.25. The van der Waals surface area contributed by atoms with Crippen LogP contribution in [0.5, 0.6) is 0 Å². The maximum absolute atomic E-state index is 11.4. The zero-order valence-electron chi connectivity index (χ0n) is 16.9. The number of allylic oxidation sites excluding steroid dienone is 12. The molecule has 0 aromatic carbocycles. The molecule has 0 heterocycles. The average molecular weight is 388 g/mol. The lowest BCUT2D eigenvalue weighted by molar-refractivity contribution is -0.120. The second kappa shape index (κ2) is 22.3. The van der Waals surface area contributed by atoms with E-state index in [9.17, 15) is 4.79 Å². The molecular weight excluding hydrogens is 350 g/mol. The summed E-state index contributed by atoms with van der Waals surface area (Å²) in [6, 6.07) is 0. The van der Waals surface area contributed by atoms with Crippen molar-refractivity contribution in [3.63, 3.8) is 0 Å². The molecule has 1 N–H and O–H groups in total. The molecule has 0 atom stereocenters. The summed E-state index contributed by atoms with van der Waals surface area (Å²) in [6.45, 7) is 2.80. The van der Waals surface area contributed by atoms with E-state index in [1.807, 2.05) is 0 Å². The first kappa shape index (κ1) is 25.3. The van der Waals surface area contributed by atoms with Crippen LogP contribution in [0.15, 0.2) is 72.9 Å². The number of thiol groups is 1. The minimum Gasteiger partial charge on any atom is -0.355 e. The Kier molecular flexibility index (Phi) is 20.9. The van der Waals surface area contributed by atoms with Crippen molar-refractivity contribution in [2.75, 3.05) is 12.3 Å². The summed E-state index contributed by atoms with van der Waals surface area (Å²) in [7, 11) is 0. The molecule has 0 saturated heterocycles. The van der Waals surface area contributed by atoms with Gasteiger partial charge in [-0.1, -0.05) is 79.8 Å². The molecule has 0 aromatic rings. The van der Waals surface area contributed by atoms with E-state index in [1.165, 1.54) is 0 Å². The van der Waals surface area contributed by atoms with E-state index >= 15 is 0 Å². The molecule has 0 aliphatic carbocycles. The van der Waals surface area contributed by atoms with Gasteiger partial charge < -0.3 is 5.32 Å². The SMILES string of the molecule is CC/C=C/C/C=C/C/C=C/C/C=C/C/C=C/C/C=C/CCC(=O)NCCS. The quantitative estimate of drug-likeness (QED) is 0.229. The van der Waals surface area contributed by atoms with Crippen LogP contribution in [0.1, 0.15) is 58.3 Å². The molecule has 0 radical (unpaired) electrons. The molecule has 1 amide bonds. The van der Waals surface area contributed by atoms with Crippen LogP contribution >= 0.6 is 12.6 Å². The number of amides is 1. The maximum atomic E-state index is 11.4. The highest BCUT2D eigenvalue weighted by atomic mass is 32.1. The molecule has 0 spiro atoms. The predicted octanol–water partition coefficient (Wildman–Crippen LogP) is 6.51. The summed E-state index contributed by atoms with van der Waals surface area (Å²) in [4.78, 5) is 11.4. The molecule has 0 aromatic heterocycles. The second-order valence-corrected chi connectivity index (χ2v) is 6.47. The molecule has 0 bridgehead atoms. The monoisotopic (exact) mass is 387 g/mol. The number of hydrogen-bond donors (Lipinski definition) is 2. The second-order valence-electron chi connectivity index (χ2n) is 6.03. The summed E-state index contributed by atoms with van der Waals surface area (Å²) >= 11 is 4.06. The Labute approximate surface area is 172 Å². The van der Waals surface area contributed by atoms with Gasteiger partial charge >= 0.3 is 0 Å². The van der Waals surface area contributed by atoms with Gasteiger partial charge in [0.25, 0.3) is 0 Å². The largest absolute Gasteiger partial charge is 0.355 e. The molecule has 2 nitrogen and oxygen atoms in total. The number of rotatable bonds is 16. The van der Waals surface area contributed by atoms with Gasteiger partial charge in [0.05, 0.1) is 0 Å². The standard InChI is InChI=1S/C24H37NOS/c1-2-3-4-5-6-7-8-9-10-11-12-13-14-15-16-17-18-19-20-21-24(26)25-22-23-27/h3-4,6-7,9-10,12-13,15-16,18-19,27H,2,5,8,11,14,17,20-23H2,1H3,(H,25,26)/b4-3+,7-6+,10-9+,13-12+,16-15+,19-18+. The molecule has 150 valence electrons. The summed E-state index contributed by atoms with van der Waals surface area (Å²) in [6.07, 6.45) is 33.6. The molecular formula is C24H37NOS. The summed E-state index contributed by atoms with van der Waals surface area (Å²) in [5, 5.41) is 2.81. The zero-order valence-corrected chi connectivity index (χ0v) is 17.7. The van der Waals surface area contributed by atoms with Crippen LogP contribution in [0.3, 0.4) is 0 Å². The van der Waals surface area contributed by atoms with Crippen LogP contribution in [-0.2, 0) is 4.79 Å². The molecule has 0 fully saturated rings. The van der Waals surface area contributed by atoms with E-state index < -0.39 is 0 Å². The van der Waals surface area contributed by atoms with Crippen LogP contribution in [0.4, 0.5) is 0 Å². The van der Waals surface area contributed by atoms with Gasteiger partial charge in [0.15, 0.2) is 0 Å². The van der Waals surface area contributed by atoms with Crippen LogP contribution in [0.25, 0.3) is 0 Å². The van der Waals surface area contributed by atoms with E-state index in [0.29, 0.717) is 18.7 Å².